The second-order valence-electron chi connectivity index (χ2n) is 6.51. The first kappa shape index (κ1) is 16.6. The number of methoxy groups -OCH3 is 1. The lowest BCUT2D eigenvalue weighted by Gasteiger charge is -2.40. The molecule has 3 nitrogen and oxygen atoms in total. The van der Waals surface area contributed by atoms with Gasteiger partial charge in [-0.05, 0) is 23.1 Å². The number of rotatable bonds is 6. The molecule has 0 spiro atoms. The van der Waals surface area contributed by atoms with Crippen LogP contribution in [0.1, 0.15) is 32.8 Å². The summed E-state index contributed by atoms with van der Waals surface area (Å²) in [6.45, 7) is 7.71. The Balaban J connectivity index is 1.95. The molecule has 21 heavy (non-hydrogen) atoms. The molecule has 1 aromatic carbocycles. The standard InChI is InChI=1S/C17H25ClO3/c1-17(2,3)12-6-5-7-13(10-12)21-15-11-14(18)16(15)20-9-8-19-4/h5-7,10,14-16H,8-9,11H2,1-4H3. The monoisotopic (exact) mass is 312 g/mol. The van der Waals surface area contributed by atoms with Crippen molar-refractivity contribution in [2.24, 2.45) is 0 Å². The minimum atomic E-state index is -0.0555. The summed E-state index contributed by atoms with van der Waals surface area (Å²) in [6.07, 6.45) is 0.790. The summed E-state index contributed by atoms with van der Waals surface area (Å²) in [4.78, 5) is 0. The molecule has 1 fully saturated rings. The molecule has 3 unspecified atom stereocenters. The molecule has 0 radical (unpaired) electrons. The van der Waals surface area contributed by atoms with Gasteiger partial charge in [0.2, 0.25) is 0 Å². The van der Waals surface area contributed by atoms with Crippen LogP contribution in [0.3, 0.4) is 0 Å². The van der Waals surface area contributed by atoms with E-state index in [0.29, 0.717) is 13.2 Å². The highest BCUT2D eigenvalue weighted by atomic mass is 35.5. The smallest absolute Gasteiger partial charge is 0.128 e. The number of hydrogen-bond acceptors (Lipinski definition) is 3. The van der Waals surface area contributed by atoms with Gasteiger partial charge in [-0.3, -0.25) is 0 Å². The van der Waals surface area contributed by atoms with Gasteiger partial charge >= 0.3 is 0 Å². The fourth-order valence-corrected chi connectivity index (χ4v) is 2.74. The summed E-state index contributed by atoms with van der Waals surface area (Å²) in [5.41, 5.74) is 1.38. The van der Waals surface area contributed by atoms with Gasteiger partial charge in [0.25, 0.3) is 0 Å². The molecule has 4 heteroatoms. The molecule has 1 saturated carbocycles. The number of alkyl halides is 1. The van der Waals surface area contributed by atoms with Crippen LogP contribution in [0.2, 0.25) is 0 Å². The van der Waals surface area contributed by atoms with Crippen LogP contribution < -0.4 is 4.74 Å². The zero-order valence-corrected chi connectivity index (χ0v) is 14.0. The van der Waals surface area contributed by atoms with E-state index in [1.807, 2.05) is 12.1 Å². The highest BCUT2D eigenvalue weighted by Gasteiger charge is 2.42. The number of halogens is 1. The number of ether oxygens (including phenoxy) is 3. The Morgan fingerprint density at radius 3 is 2.62 bits per heavy atom. The summed E-state index contributed by atoms with van der Waals surface area (Å²) >= 11 is 6.21. The first-order chi connectivity index (χ1) is 9.91. The highest BCUT2D eigenvalue weighted by molar-refractivity contribution is 6.21. The quantitative estimate of drug-likeness (QED) is 0.591. The van der Waals surface area contributed by atoms with E-state index in [2.05, 4.69) is 32.9 Å². The molecular weight excluding hydrogens is 288 g/mol. The van der Waals surface area contributed by atoms with Crippen molar-refractivity contribution in [1.82, 2.24) is 0 Å². The zero-order valence-electron chi connectivity index (χ0n) is 13.3. The van der Waals surface area contributed by atoms with Gasteiger partial charge in [-0.2, -0.15) is 0 Å². The Morgan fingerprint density at radius 2 is 2.00 bits per heavy atom. The van der Waals surface area contributed by atoms with Crippen LogP contribution in [-0.2, 0) is 14.9 Å². The Labute approximate surface area is 132 Å². The van der Waals surface area contributed by atoms with Crippen molar-refractivity contribution >= 4 is 11.6 Å². The third kappa shape index (κ3) is 4.35. The van der Waals surface area contributed by atoms with Crippen LogP contribution in [0.5, 0.6) is 5.75 Å². The lowest BCUT2D eigenvalue weighted by molar-refractivity contribution is -0.0898. The number of benzene rings is 1. The van der Waals surface area contributed by atoms with Crippen LogP contribution >= 0.6 is 11.6 Å². The van der Waals surface area contributed by atoms with Gasteiger partial charge in [-0.15, -0.1) is 11.6 Å². The molecule has 0 N–H and O–H groups in total. The number of hydrogen-bond donors (Lipinski definition) is 0. The van der Waals surface area contributed by atoms with E-state index in [4.69, 9.17) is 25.8 Å². The molecule has 0 aliphatic heterocycles. The molecule has 1 aromatic rings. The molecule has 0 bridgehead atoms. The van der Waals surface area contributed by atoms with Crippen molar-refractivity contribution in [2.45, 2.75) is 50.2 Å². The Hall–Kier alpha value is -0.770. The van der Waals surface area contributed by atoms with Gasteiger partial charge in [0.15, 0.2) is 0 Å². The maximum atomic E-state index is 6.21. The van der Waals surface area contributed by atoms with Gasteiger partial charge in [0.05, 0.1) is 18.6 Å². The fourth-order valence-electron chi connectivity index (χ4n) is 2.33. The van der Waals surface area contributed by atoms with Crippen molar-refractivity contribution in [3.63, 3.8) is 0 Å². The van der Waals surface area contributed by atoms with Gasteiger partial charge in [-0.25, -0.2) is 0 Å². The summed E-state index contributed by atoms with van der Waals surface area (Å²) in [5, 5.41) is 0.0256. The Morgan fingerprint density at radius 1 is 1.24 bits per heavy atom. The van der Waals surface area contributed by atoms with Crippen LogP contribution in [0.25, 0.3) is 0 Å². The molecule has 1 aliphatic carbocycles. The fraction of sp³-hybridized carbons (Fsp3) is 0.647. The third-order valence-electron chi connectivity index (χ3n) is 3.77. The first-order valence-electron chi connectivity index (χ1n) is 7.43. The van der Waals surface area contributed by atoms with Crippen molar-refractivity contribution in [1.29, 1.82) is 0 Å². The molecule has 0 aromatic heterocycles. The van der Waals surface area contributed by atoms with Gasteiger partial charge in [-0.1, -0.05) is 32.9 Å². The largest absolute Gasteiger partial charge is 0.488 e. The Kier molecular flexibility index (Phi) is 5.53. The maximum Gasteiger partial charge on any atom is 0.128 e. The summed E-state index contributed by atoms with van der Waals surface area (Å²) < 4.78 is 16.8. The second kappa shape index (κ2) is 6.99. The SMILES string of the molecule is COCCOC1C(Cl)CC1Oc1cccc(C(C)(C)C)c1. The molecule has 1 aliphatic rings. The summed E-state index contributed by atoms with van der Waals surface area (Å²) in [7, 11) is 1.66. The van der Waals surface area contributed by atoms with E-state index < -0.39 is 0 Å². The molecule has 0 heterocycles. The molecule has 2 rings (SSSR count). The summed E-state index contributed by atoms with van der Waals surface area (Å²) in [5.74, 6) is 0.885. The zero-order chi connectivity index (χ0) is 15.5. The van der Waals surface area contributed by atoms with Crippen molar-refractivity contribution < 1.29 is 14.2 Å². The maximum absolute atomic E-state index is 6.21. The third-order valence-corrected chi connectivity index (χ3v) is 4.19. The van der Waals surface area contributed by atoms with E-state index in [1.165, 1.54) is 5.56 Å². The lowest BCUT2D eigenvalue weighted by Crippen LogP contribution is -2.53. The van der Waals surface area contributed by atoms with Gasteiger partial charge in [0, 0.05) is 13.5 Å². The molecular formula is C17H25ClO3. The van der Waals surface area contributed by atoms with E-state index in [9.17, 15) is 0 Å². The van der Waals surface area contributed by atoms with Crippen LogP contribution in [-0.4, -0.2) is 37.9 Å². The second-order valence-corrected chi connectivity index (χ2v) is 7.07. The van der Waals surface area contributed by atoms with Crippen molar-refractivity contribution in [3.8, 4) is 5.75 Å². The first-order valence-corrected chi connectivity index (χ1v) is 7.87. The van der Waals surface area contributed by atoms with Crippen molar-refractivity contribution in [2.75, 3.05) is 20.3 Å². The lowest BCUT2D eigenvalue weighted by atomic mass is 9.87. The van der Waals surface area contributed by atoms with Gasteiger partial charge < -0.3 is 14.2 Å². The normalized spacial score (nSPS) is 25.5. The van der Waals surface area contributed by atoms with E-state index in [0.717, 1.165) is 12.2 Å². The molecule has 0 saturated heterocycles. The van der Waals surface area contributed by atoms with E-state index >= 15 is 0 Å². The van der Waals surface area contributed by atoms with Crippen LogP contribution in [0.15, 0.2) is 24.3 Å². The van der Waals surface area contributed by atoms with E-state index in [1.54, 1.807) is 7.11 Å². The predicted octanol–water partition coefficient (Wildman–Crippen LogP) is 3.77. The highest BCUT2D eigenvalue weighted by Crippen LogP contribution is 2.34. The topological polar surface area (TPSA) is 27.7 Å². The molecule has 0 amide bonds. The summed E-state index contributed by atoms with van der Waals surface area (Å²) in [6, 6.07) is 8.26. The average molecular weight is 313 g/mol. The minimum Gasteiger partial charge on any atom is -0.488 e. The molecule has 118 valence electrons. The van der Waals surface area contributed by atoms with Crippen LogP contribution in [0.4, 0.5) is 0 Å². The van der Waals surface area contributed by atoms with Crippen LogP contribution in [0, 0.1) is 0 Å². The average Bonchev–Trinajstić information content (AvgIpc) is 2.42. The Bertz CT molecular complexity index is 456. The van der Waals surface area contributed by atoms with E-state index in [-0.39, 0.29) is 23.0 Å². The molecule has 3 atom stereocenters. The van der Waals surface area contributed by atoms with Crippen molar-refractivity contribution in [3.05, 3.63) is 29.8 Å². The predicted molar refractivity (Wildman–Crippen MR) is 85.4 cm³/mol. The van der Waals surface area contributed by atoms with Gasteiger partial charge in [0.1, 0.15) is 18.0 Å². The minimum absolute atomic E-state index is 0.0256.